The third kappa shape index (κ3) is 3.10. The second kappa shape index (κ2) is 5.86. The van der Waals surface area contributed by atoms with Crippen LogP contribution in [0.5, 0.6) is 0 Å². The van der Waals surface area contributed by atoms with Gasteiger partial charge in [0.25, 0.3) is 0 Å². The van der Waals surface area contributed by atoms with Crippen LogP contribution < -0.4 is 0 Å². The lowest BCUT2D eigenvalue weighted by Gasteiger charge is -2.34. The highest BCUT2D eigenvalue weighted by atomic mass is 16.3. The Kier molecular flexibility index (Phi) is 4.26. The number of carbonyl (C=O) groups is 1. The van der Waals surface area contributed by atoms with Gasteiger partial charge in [0, 0.05) is 38.6 Å². The summed E-state index contributed by atoms with van der Waals surface area (Å²) in [5, 5.41) is 10.8. The van der Waals surface area contributed by atoms with Crippen LogP contribution in [-0.2, 0) is 4.79 Å². The fourth-order valence-corrected chi connectivity index (χ4v) is 3.87. The van der Waals surface area contributed by atoms with Crippen LogP contribution >= 0.6 is 0 Å². The predicted octanol–water partition coefficient (Wildman–Crippen LogP) is 0.243. The van der Waals surface area contributed by atoms with Crippen LogP contribution in [0.25, 0.3) is 0 Å². The lowest BCUT2D eigenvalue weighted by Crippen LogP contribution is -2.50. The lowest BCUT2D eigenvalue weighted by atomic mass is 9.88. The molecule has 1 aliphatic carbocycles. The Labute approximate surface area is 127 Å². The Morgan fingerprint density at radius 3 is 2.38 bits per heavy atom. The number of carbonyl (C=O) groups excluding carboxylic acids is 1. The normalized spacial score (nSPS) is 35.4. The minimum atomic E-state index is -0.615. The highest BCUT2D eigenvalue weighted by Gasteiger charge is 2.53. The highest BCUT2D eigenvalue weighted by molar-refractivity contribution is 5.78. The van der Waals surface area contributed by atoms with Gasteiger partial charge in [-0.15, -0.1) is 0 Å². The molecule has 3 rings (SSSR count). The largest absolute Gasteiger partial charge is 0.387 e. The zero-order valence-electron chi connectivity index (χ0n) is 13.4. The fourth-order valence-electron chi connectivity index (χ4n) is 3.87. The number of nitrogens with zero attached hydrogens (tertiary/aromatic N) is 3. The summed E-state index contributed by atoms with van der Waals surface area (Å²) in [6.45, 7) is 11.2. The number of piperazine rings is 1. The second-order valence-electron chi connectivity index (χ2n) is 7.15. The highest BCUT2D eigenvalue weighted by Crippen LogP contribution is 2.46. The van der Waals surface area contributed by atoms with Crippen LogP contribution in [0.15, 0.2) is 0 Å². The van der Waals surface area contributed by atoms with E-state index in [0.717, 1.165) is 52.1 Å². The maximum atomic E-state index is 12.5. The van der Waals surface area contributed by atoms with Crippen LogP contribution in [0.3, 0.4) is 0 Å². The number of hydrogen-bond acceptors (Lipinski definition) is 4. The van der Waals surface area contributed by atoms with Crippen LogP contribution in [0, 0.1) is 11.8 Å². The van der Waals surface area contributed by atoms with E-state index < -0.39 is 5.60 Å². The SMILES string of the molecule is CCN1CCN(CC(=O)N2C[C@H](C)[C@@](O)(C3CC3)C2)CC1. The van der Waals surface area contributed by atoms with Crippen molar-refractivity contribution in [1.82, 2.24) is 14.7 Å². The van der Waals surface area contributed by atoms with Crippen molar-refractivity contribution in [1.29, 1.82) is 0 Å². The first-order valence-corrected chi connectivity index (χ1v) is 8.47. The molecule has 0 bridgehead atoms. The number of aliphatic hydroxyl groups is 1. The van der Waals surface area contributed by atoms with Crippen LogP contribution in [-0.4, -0.2) is 83.7 Å². The average molecular weight is 295 g/mol. The standard InChI is InChI=1S/C16H29N3O2/c1-3-17-6-8-18(9-7-17)11-15(20)19-10-13(2)16(21,12-19)14-4-5-14/h13-14,21H,3-12H2,1-2H3/t13-,16+/m0/s1. The molecule has 1 saturated carbocycles. The molecule has 0 aromatic rings. The Hall–Kier alpha value is -0.650. The number of β-amino-alcohol motifs (C(OH)–C–C–N with tert-alkyl or cyclic N) is 1. The van der Waals surface area contributed by atoms with E-state index in [1.54, 1.807) is 0 Å². The number of likely N-dealkylation sites (N-methyl/N-ethyl adjacent to an activating group) is 1. The summed E-state index contributed by atoms with van der Waals surface area (Å²) in [5.41, 5.74) is -0.615. The third-order valence-corrected chi connectivity index (χ3v) is 5.70. The summed E-state index contributed by atoms with van der Waals surface area (Å²) >= 11 is 0. The second-order valence-corrected chi connectivity index (χ2v) is 7.15. The van der Waals surface area contributed by atoms with E-state index in [0.29, 0.717) is 19.0 Å². The van der Waals surface area contributed by atoms with Crippen molar-refractivity contribution in [2.75, 3.05) is 52.4 Å². The molecule has 0 unspecified atom stereocenters. The van der Waals surface area contributed by atoms with Crippen molar-refractivity contribution >= 4 is 5.91 Å². The van der Waals surface area contributed by atoms with Gasteiger partial charge in [-0.05, 0) is 25.3 Å². The molecule has 120 valence electrons. The monoisotopic (exact) mass is 295 g/mol. The number of likely N-dealkylation sites (tertiary alicyclic amines) is 1. The zero-order valence-corrected chi connectivity index (χ0v) is 13.4. The van der Waals surface area contributed by atoms with Crippen LogP contribution in [0.2, 0.25) is 0 Å². The van der Waals surface area contributed by atoms with Gasteiger partial charge in [0.15, 0.2) is 0 Å². The maximum absolute atomic E-state index is 12.5. The Morgan fingerprint density at radius 2 is 1.81 bits per heavy atom. The van der Waals surface area contributed by atoms with Gasteiger partial charge in [-0.3, -0.25) is 9.69 Å². The van der Waals surface area contributed by atoms with Gasteiger partial charge < -0.3 is 14.9 Å². The van der Waals surface area contributed by atoms with E-state index in [2.05, 4.69) is 23.6 Å². The summed E-state index contributed by atoms with van der Waals surface area (Å²) in [4.78, 5) is 19.1. The molecule has 2 heterocycles. The number of hydrogen-bond donors (Lipinski definition) is 1. The maximum Gasteiger partial charge on any atom is 0.236 e. The van der Waals surface area contributed by atoms with Crippen molar-refractivity contribution in [2.24, 2.45) is 11.8 Å². The molecular formula is C16H29N3O2. The van der Waals surface area contributed by atoms with E-state index in [1.807, 2.05) is 4.90 Å². The van der Waals surface area contributed by atoms with Gasteiger partial charge >= 0.3 is 0 Å². The summed E-state index contributed by atoms with van der Waals surface area (Å²) in [7, 11) is 0. The average Bonchev–Trinajstić information content (AvgIpc) is 3.28. The summed E-state index contributed by atoms with van der Waals surface area (Å²) in [6, 6.07) is 0. The first-order valence-electron chi connectivity index (χ1n) is 8.47. The van der Waals surface area contributed by atoms with Crippen molar-refractivity contribution in [3.05, 3.63) is 0 Å². The fraction of sp³-hybridized carbons (Fsp3) is 0.938. The number of amides is 1. The molecule has 0 radical (unpaired) electrons. The summed E-state index contributed by atoms with van der Waals surface area (Å²) < 4.78 is 0. The topological polar surface area (TPSA) is 47.0 Å². The van der Waals surface area contributed by atoms with Crippen molar-refractivity contribution in [3.8, 4) is 0 Å². The minimum absolute atomic E-state index is 0.198. The Bertz CT molecular complexity index is 391. The molecule has 3 aliphatic rings. The van der Waals surface area contributed by atoms with E-state index in [1.165, 1.54) is 0 Å². The summed E-state index contributed by atoms with van der Waals surface area (Å²) in [6.07, 6.45) is 2.25. The molecule has 2 atom stereocenters. The lowest BCUT2D eigenvalue weighted by molar-refractivity contribution is -0.133. The molecular weight excluding hydrogens is 266 g/mol. The predicted molar refractivity (Wildman–Crippen MR) is 82.0 cm³/mol. The van der Waals surface area contributed by atoms with E-state index in [-0.39, 0.29) is 11.8 Å². The first-order chi connectivity index (χ1) is 10.0. The molecule has 0 aromatic heterocycles. The molecule has 3 fully saturated rings. The Balaban J connectivity index is 1.50. The van der Waals surface area contributed by atoms with Gasteiger partial charge in [-0.2, -0.15) is 0 Å². The smallest absolute Gasteiger partial charge is 0.236 e. The minimum Gasteiger partial charge on any atom is -0.387 e. The molecule has 0 spiro atoms. The number of rotatable bonds is 4. The van der Waals surface area contributed by atoms with Gasteiger partial charge in [0.05, 0.1) is 18.7 Å². The van der Waals surface area contributed by atoms with Crippen LogP contribution in [0.1, 0.15) is 26.7 Å². The van der Waals surface area contributed by atoms with Gasteiger partial charge in [-0.1, -0.05) is 13.8 Å². The van der Waals surface area contributed by atoms with E-state index in [9.17, 15) is 9.90 Å². The van der Waals surface area contributed by atoms with Crippen molar-refractivity contribution < 1.29 is 9.90 Å². The molecule has 5 nitrogen and oxygen atoms in total. The van der Waals surface area contributed by atoms with Gasteiger partial charge in [0.1, 0.15) is 0 Å². The van der Waals surface area contributed by atoms with Gasteiger partial charge in [0.2, 0.25) is 5.91 Å². The Morgan fingerprint density at radius 1 is 1.19 bits per heavy atom. The molecule has 21 heavy (non-hydrogen) atoms. The first kappa shape index (κ1) is 15.3. The van der Waals surface area contributed by atoms with Crippen molar-refractivity contribution in [2.45, 2.75) is 32.3 Å². The quantitative estimate of drug-likeness (QED) is 0.807. The van der Waals surface area contributed by atoms with Gasteiger partial charge in [-0.25, -0.2) is 0 Å². The molecule has 0 aromatic carbocycles. The van der Waals surface area contributed by atoms with Crippen LogP contribution in [0.4, 0.5) is 0 Å². The van der Waals surface area contributed by atoms with E-state index >= 15 is 0 Å². The molecule has 1 amide bonds. The molecule has 1 N–H and O–H groups in total. The third-order valence-electron chi connectivity index (χ3n) is 5.70. The zero-order chi connectivity index (χ0) is 15.0. The molecule has 5 heteroatoms. The van der Waals surface area contributed by atoms with Crippen molar-refractivity contribution in [3.63, 3.8) is 0 Å². The van der Waals surface area contributed by atoms with E-state index in [4.69, 9.17) is 0 Å². The molecule has 2 saturated heterocycles. The molecule has 2 aliphatic heterocycles. The summed E-state index contributed by atoms with van der Waals surface area (Å²) in [5.74, 6) is 0.840.